The lowest BCUT2D eigenvalue weighted by Gasteiger charge is -2.16. The first-order valence-electron chi connectivity index (χ1n) is 6.15. The number of nitrogens with zero attached hydrogens (tertiary/aromatic N) is 2. The first kappa shape index (κ1) is 13.5. The van der Waals surface area contributed by atoms with E-state index in [1.165, 1.54) is 11.3 Å². The summed E-state index contributed by atoms with van der Waals surface area (Å²) in [5, 5.41) is 0.986. The number of anilines is 2. The van der Waals surface area contributed by atoms with Gasteiger partial charge in [0.25, 0.3) is 0 Å². The van der Waals surface area contributed by atoms with Crippen molar-refractivity contribution >= 4 is 27.8 Å². The van der Waals surface area contributed by atoms with Gasteiger partial charge in [-0.05, 0) is 18.2 Å². The second-order valence-electron chi connectivity index (χ2n) is 4.32. The van der Waals surface area contributed by atoms with E-state index in [1.54, 1.807) is 6.20 Å². The molecule has 0 aliphatic carbocycles. The van der Waals surface area contributed by atoms with Gasteiger partial charge in [0.15, 0.2) is 5.78 Å². The highest BCUT2D eigenvalue weighted by atomic mass is 32.1. The summed E-state index contributed by atoms with van der Waals surface area (Å²) in [6, 6.07) is 7.69. The van der Waals surface area contributed by atoms with Gasteiger partial charge in [-0.15, -0.1) is 11.3 Å². The average Bonchev–Trinajstić information content (AvgIpc) is 2.81. The summed E-state index contributed by atoms with van der Waals surface area (Å²) in [7, 11) is 1.97. The molecule has 2 aromatic rings. The van der Waals surface area contributed by atoms with Crippen LogP contribution in [0.15, 0.2) is 30.5 Å². The third-order valence-corrected chi connectivity index (χ3v) is 4.13. The normalized spacial score (nSPS) is 10.4. The molecule has 0 aliphatic rings. The monoisotopic (exact) mass is 275 g/mol. The van der Waals surface area contributed by atoms with Gasteiger partial charge >= 0.3 is 0 Å². The van der Waals surface area contributed by atoms with Gasteiger partial charge in [-0.3, -0.25) is 9.78 Å². The maximum atomic E-state index is 11.7. The number of nitrogen functional groups attached to an aromatic ring is 1. The Morgan fingerprint density at radius 2 is 2.26 bits per heavy atom. The summed E-state index contributed by atoms with van der Waals surface area (Å²) < 4.78 is 0. The Labute approximate surface area is 116 Å². The topological polar surface area (TPSA) is 59.2 Å². The van der Waals surface area contributed by atoms with E-state index in [0.29, 0.717) is 23.5 Å². The van der Waals surface area contributed by atoms with E-state index >= 15 is 0 Å². The van der Waals surface area contributed by atoms with Crippen molar-refractivity contribution in [2.75, 3.05) is 17.7 Å². The van der Waals surface area contributed by atoms with E-state index in [2.05, 4.69) is 9.88 Å². The molecule has 2 aromatic heterocycles. The second kappa shape index (κ2) is 5.84. The third kappa shape index (κ3) is 3.12. The van der Waals surface area contributed by atoms with Crippen LogP contribution in [0, 0.1) is 0 Å². The summed E-state index contributed by atoms with van der Waals surface area (Å²) >= 11 is 1.44. The Morgan fingerprint density at radius 1 is 1.47 bits per heavy atom. The zero-order valence-corrected chi connectivity index (χ0v) is 11.9. The first-order valence-corrected chi connectivity index (χ1v) is 6.97. The van der Waals surface area contributed by atoms with Crippen LogP contribution in [0.25, 0.3) is 0 Å². The molecule has 5 heteroatoms. The van der Waals surface area contributed by atoms with Crippen LogP contribution in [-0.2, 0) is 6.54 Å². The van der Waals surface area contributed by atoms with Crippen LogP contribution in [0.1, 0.15) is 28.7 Å². The smallest absolute Gasteiger partial charge is 0.174 e. The van der Waals surface area contributed by atoms with E-state index in [4.69, 9.17) is 5.73 Å². The van der Waals surface area contributed by atoms with Gasteiger partial charge in [-0.1, -0.05) is 13.0 Å². The minimum absolute atomic E-state index is 0.0972. The van der Waals surface area contributed by atoms with Crippen LogP contribution in [0.5, 0.6) is 0 Å². The SMILES string of the molecule is CCC(=O)c1sc(N(C)Cc2ccccn2)cc1N. The number of carbonyl (C=O) groups excluding carboxylic acids is 1. The van der Waals surface area contributed by atoms with Crippen LogP contribution < -0.4 is 10.6 Å². The molecule has 2 heterocycles. The minimum atomic E-state index is 0.0972. The third-order valence-electron chi connectivity index (χ3n) is 2.82. The van der Waals surface area contributed by atoms with E-state index in [1.807, 2.05) is 38.2 Å². The summed E-state index contributed by atoms with van der Waals surface area (Å²) in [5.74, 6) is 0.0972. The number of hydrogen-bond donors (Lipinski definition) is 1. The Bertz CT molecular complexity index is 565. The minimum Gasteiger partial charge on any atom is -0.397 e. The van der Waals surface area contributed by atoms with Crippen molar-refractivity contribution < 1.29 is 4.79 Å². The molecular formula is C14H17N3OS. The van der Waals surface area contributed by atoms with Gasteiger partial charge in [-0.25, -0.2) is 0 Å². The number of nitrogens with two attached hydrogens (primary N) is 1. The van der Waals surface area contributed by atoms with E-state index in [0.717, 1.165) is 10.7 Å². The molecule has 0 saturated heterocycles. The largest absolute Gasteiger partial charge is 0.397 e. The maximum absolute atomic E-state index is 11.7. The molecule has 0 amide bonds. The molecule has 0 unspecified atom stereocenters. The van der Waals surface area contributed by atoms with Crippen LogP contribution >= 0.6 is 11.3 Å². The molecule has 0 fully saturated rings. The number of Topliss-reactive ketones (excluding diaryl/α,β-unsaturated/α-hetero) is 1. The van der Waals surface area contributed by atoms with Gasteiger partial charge in [-0.2, -0.15) is 0 Å². The number of aromatic nitrogens is 1. The molecule has 19 heavy (non-hydrogen) atoms. The number of hydrogen-bond acceptors (Lipinski definition) is 5. The quantitative estimate of drug-likeness (QED) is 0.852. The van der Waals surface area contributed by atoms with Crippen molar-refractivity contribution in [3.8, 4) is 0 Å². The highest BCUT2D eigenvalue weighted by Gasteiger charge is 2.15. The lowest BCUT2D eigenvalue weighted by Crippen LogP contribution is -2.15. The predicted octanol–water partition coefficient (Wildman–Crippen LogP) is 2.95. The first-order chi connectivity index (χ1) is 9.11. The number of thiophene rings is 1. The Kier molecular flexibility index (Phi) is 4.16. The second-order valence-corrected chi connectivity index (χ2v) is 5.35. The molecular weight excluding hydrogens is 258 g/mol. The van der Waals surface area contributed by atoms with Gasteiger partial charge in [0.05, 0.1) is 27.8 Å². The molecule has 0 bridgehead atoms. The Hall–Kier alpha value is -1.88. The summed E-state index contributed by atoms with van der Waals surface area (Å²) in [6.45, 7) is 2.54. The molecule has 4 nitrogen and oxygen atoms in total. The van der Waals surface area contributed by atoms with Gasteiger partial charge in [0.1, 0.15) is 0 Å². The number of pyridine rings is 1. The zero-order valence-electron chi connectivity index (χ0n) is 11.1. The number of carbonyl (C=O) groups is 1. The van der Waals surface area contributed by atoms with Crippen molar-refractivity contribution in [2.24, 2.45) is 0 Å². The average molecular weight is 275 g/mol. The molecule has 2 N–H and O–H groups in total. The lowest BCUT2D eigenvalue weighted by molar-refractivity contribution is 0.0993. The summed E-state index contributed by atoms with van der Waals surface area (Å²) in [6.07, 6.45) is 2.26. The van der Waals surface area contributed by atoms with Gasteiger partial charge in [0.2, 0.25) is 0 Å². The molecule has 0 saturated carbocycles. The van der Waals surface area contributed by atoms with Gasteiger partial charge < -0.3 is 10.6 Å². The lowest BCUT2D eigenvalue weighted by atomic mass is 10.2. The fourth-order valence-electron chi connectivity index (χ4n) is 1.77. The standard InChI is InChI=1S/C14H17N3OS/c1-3-12(18)14-11(15)8-13(19-14)17(2)9-10-6-4-5-7-16-10/h4-8H,3,9,15H2,1-2H3. The highest BCUT2D eigenvalue weighted by Crippen LogP contribution is 2.32. The predicted molar refractivity (Wildman–Crippen MR) is 79.7 cm³/mol. The zero-order chi connectivity index (χ0) is 13.8. The van der Waals surface area contributed by atoms with Crippen molar-refractivity contribution in [1.82, 2.24) is 4.98 Å². The van der Waals surface area contributed by atoms with Crippen molar-refractivity contribution in [3.63, 3.8) is 0 Å². The summed E-state index contributed by atoms with van der Waals surface area (Å²) in [5.41, 5.74) is 7.45. The maximum Gasteiger partial charge on any atom is 0.174 e. The highest BCUT2D eigenvalue weighted by molar-refractivity contribution is 7.18. The fourth-order valence-corrected chi connectivity index (χ4v) is 2.82. The number of rotatable bonds is 5. The van der Waals surface area contributed by atoms with E-state index < -0.39 is 0 Å². The molecule has 0 atom stereocenters. The summed E-state index contributed by atoms with van der Waals surface area (Å²) in [4.78, 5) is 18.7. The van der Waals surface area contributed by atoms with Crippen molar-refractivity contribution in [3.05, 3.63) is 41.0 Å². The Morgan fingerprint density at radius 3 is 2.89 bits per heavy atom. The molecule has 0 spiro atoms. The molecule has 0 aromatic carbocycles. The molecule has 100 valence electrons. The fraction of sp³-hybridized carbons (Fsp3) is 0.286. The van der Waals surface area contributed by atoms with Crippen molar-refractivity contribution in [1.29, 1.82) is 0 Å². The number of ketones is 1. The van der Waals surface area contributed by atoms with Crippen LogP contribution in [0.3, 0.4) is 0 Å². The molecule has 2 rings (SSSR count). The van der Waals surface area contributed by atoms with Crippen LogP contribution in [0.2, 0.25) is 0 Å². The molecule has 0 radical (unpaired) electrons. The molecule has 0 aliphatic heterocycles. The van der Waals surface area contributed by atoms with Crippen LogP contribution in [-0.4, -0.2) is 17.8 Å². The van der Waals surface area contributed by atoms with Gasteiger partial charge in [0, 0.05) is 19.7 Å². The Balaban J connectivity index is 2.16. The van der Waals surface area contributed by atoms with E-state index in [9.17, 15) is 4.79 Å². The van der Waals surface area contributed by atoms with Crippen LogP contribution in [0.4, 0.5) is 10.7 Å². The van der Waals surface area contributed by atoms with Crippen molar-refractivity contribution in [2.45, 2.75) is 19.9 Å². The van der Waals surface area contributed by atoms with E-state index in [-0.39, 0.29) is 5.78 Å².